The Bertz CT molecular complexity index is 631. The second-order valence-electron chi connectivity index (χ2n) is 4.49. The molecule has 0 atom stereocenters. The monoisotopic (exact) mass is 369 g/mol. The first kappa shape index (κ1) is 16.0. The largest absolute Gasteiger partial charge is 0.341 e. The van der Waals surface area contributed by atoms with Crippen molar-refractivity contribution in [3.05, 3.63) is 33.5 Å². The molecule has 0 saturated carbocycles. The number of benzene rings is 1. The molecule has 21 heavy (non-hydrogen) atoms. The van der Waals surface area contributed by atoms with Crippen molar-refractivity contribution in [2.75, 3.05) is 23.3 Å². The second-order valence-corrected chi connectivity index (χ2v) is 5.68. The van der Waals surface area contributed by atoms with E-state index < -0.39 is 0 Å². The smallest absolute Gasteiger partial charge is 0.233 e. The number of rotatable bonds is 5. The summed E-state index contributed by atoms with van der Waals surface area (Å²) in [7, 11) is 0. The zero-order valence-electron chi connectivity index (χ0n) is 12.2. The SMILES string of the molecule is CCN(CC)c1nc(Cl)nc(Nc2ccc(Br)c(C)c2)n1. The van der Waals surface area contributed by atoms with Gasteiger partial charge < -0.3 is 10.2 Å². The van der Waals surface area contributed by atoms with Gasteiger partial charge in [0.05, 0.1) is 0 Å². The molecule has 0 unspecified atom stereocenters. The number of halogens is 2. The van der Waals surface area contributed by atoms with Gasteiger partial charge in [-0.1, -0.05) is 15.9 Å². The lowest BCUT2D eigenvalue weighted by molar-refractivity contribution is 0.814. The van der Waals surface area contributed by atoms with E-state index >= 15 is 0 Å². The molecule has 1 aromatic carbocycles. The Morgan fingerprint density at radius 3 is 2.52 bits per heavy atom. The molecule has 1 aromatic heterocycles. The topological polar surface area (TPSA) is 53.9 Å². The normalized spacial score (nSPS) is 10.5. The fraction of sp³-hybridized carbons (Fsp3) is 0.357. The molecular formula is C14H17BrClN5. The van der Waals surface area contributed by atoms with Crippen molar-refractivity contribution in [3.63, 3.8) is 0 Å². The van der Waals surface area contributed by atoms with Crippen LogP contribution in [0.25, 0.3) is 0 Å². The van der Waals surface area contributed by atoms with Gasteiger partial charge in [0.25, 0.3) is 0 Å². The first-order valence-electron chi connectivity index (χ1n) is 6.73. The summed E-state index contributed by atoms with van der Waals surface area (Å²) in [6, 6.07) is 5.94. The van der Waals surface area contributed by atoms with Crippen molar-refractivity contribution in [1.82, 2.24) is 15.0 Å². The minimum Gasteiger partial charge on any atom is -0.341 e. The Balaban J connectivity index is 2.29. The van der Waals surface area contributed by atoms with Crippen LogP contribution < -0.4 is 10.2 Å². The van der Waals surface area contributed by atoms with Crippen LogP contribution in [0.15, 0.2) is 22.7 Å². The van der Waals surface area contributed by atoms with E-state index in [9.17, 15) is 0 Å². The number of hydrogen-bond acceptors (Lipinski definition) is 5. The van der Waals surface area contributed by atoms with E-state index in [1.54, 1.807) is 0 Å². The summed E-state index contributed by atoms with van der Waals surface area (Å²) in [5, 5.41) is 3.35. The highest BCUT2D eigenvalue weighted by Gasteiger charge is 2.10. The van der Waals surface area contributed by atoms with Gasteiger partial charge in [0.15, 0.2) is 0 Å². The summed E-state index contributed by atoms with van der Waals surface area (Å²) in [6.07, 6.45) is 0. The average Bonchev–Trinajstić information content (AvgIpc) is 2.44. The fourth-order valence-electron chi connectivity index (χ4n) is 1.89. The minimum atomic E-state index is 0.184. The van der Waals surface area contributed by atoms with E-state index in [2.05, 4.69) is 36.2 Å². The Morgan fingerprint density at radius 1 is 1.19 bits per heavy atom. The molecule has 2 rings (SSSR count). The number of nitrogens with one attached hydrogen (secondary N) is 1. The Labute approximate surface area is 137 Å². The molecule has 2 aromatic rings. The third-order valence-electron chi connectivity index (χ3n) is 3.06. The van der Waals surface area contributed by atoms with Crippen molar-refractivity contribution in [1.29, 1.82) is 0 Å². The Morgan fingerprint density at radius 2 is 1.90 bits per heavy atom. The number of anilines is 3. The van der Waals surface area contributed by atoms with Crippen molar-refractivity contribution in [2.24, 2.45) is 0 Å². The van der Waals surface area contributed by atoms with E-state index in [4.69, 9.17) is 11.6 Å². The molecule has 112 valence electrons. The lowest BCUT2D eigenvalue weighted by Gasteiger charge is -2.18. The van der Waals surface area contributed by atoms with E-state index in [0.717, 1.165) is 28.8 Å². The van der Waals surface area contributed by atoms with Gasteiger partial charge in [-0.3, -0.25) is 0 Å². The van der Waals surface area contributed by atoms with Crippen LogP contribution in [0.4, 0.5) is 17.6 Å². The van der Waals surface area contributed by atoms with E-state index in [1.807, 2.05) is 43.9 Å². The highest BCUT2D eigenvalue weighted by atomic mass is 79.9. The molecular weight excluding hydrogens is 354 g/mol. The molecule has 1 N–H and O–H groups in total. The predicted molar refractivity (Wildman–Crippen MR) is 90.6 cm³/mol. The molecule has 0 radical (unpaired) electrons. The fourth-order valence-corrected chi connectivity index (χ4v) is 2.30. The van der Waals surface area contributed by atoms with Crippen LogP contribution >= 0.6 is 27.5 Å². The van der Waals surface area contributed by atoms with Crippen LogP contribution in [0.5, 0.6) is 0 Å². The minimum absolute atomic E-state index is 0.184. The summed E-state index contributed by atoms with van der Waals surface area (Å²) in [5.74, 6) is 1.02. The van der Waals surface area contributed by atoms with Crippen molar-refractivity contribution >= 4 is 45.1 Å². The van der Waals surface area contributed by atoms with Crippen molar-refractivity contribution in [3.8, 4) is 0 Å². The summed E-state index contributed by atoms with van der Waals surface area (Å²) < 4.78 is 1.06. The molecule has 0 aliphatic carbocycles. The third-order valence-corrected chi connectivity index (χ3v) is 4.12. The molecule has 0 bridgehead atoms. The number of nitrogens with zero attached hydrogens (tertiary/aromatic N) is 4. The first-order chi connectivity index (χ1) is 10.0. The van der Waals surface area contributed by atoms with E-state index in [-0.39, 0.29) is 5.28 Å². The zero-order chi connectivity index (χ0) is 15.4. The lowest BCUT2D eigenvalue weighted by atomic mass is 10.2. The first-order valence-corrected chi connectivity index (χ1v) is 7.90. The second kappa shape index (κ2) is 7.04. The summed E-state index contributed by atoms with van der Waals surface area (Å²) in [6.45, 7) is 7.75. The highest BCUT2D eigenvalue weighted by Crippen LogP contribution is 2.23. The van der Waals surface area contributed by atoms with Crippen molar-refractivity contribution < 1.29 is 0 Å². The van der Waals surface area contributed by atoms with Gasteiger partial charge >= 0.3 is 0 Å². The quantitative estimate of drug-likeness (QED) is 0.855. The van der Waals surface area contributed by atoms with Gasteiger partial charge in [0, 0.05) is 23.2 Å². The van der Waals surface area contributed by atoms with E-state index in [0.29, 0.717) is 11.9 Å². The van der Waals surface area contributed by atoms with Gasteiger partial charge in [-0.05, 0) is 56.1 Å². The third kappa shape index (κ3) is 4.04. The van der Waals surface area contributed by atoms with Crippen LogP contribution in [0.2, 0.25) is 5.28 Å². The number of aromatic nitrogens is 3. The number of aryl methyl sites for hydroxylation is 1. The molecule has 0 aliphatic rings. The maximum Gasteiger partial charge on any atom is 0.233 e. The zero-order valence-corrected chi connectivity index (χ0v) is 14.5. The maximum atomic E-state index is 5.99. The van der Waals surface area contributed by atoms with Gasteiger partial charge in [0.1, 0.15) is 0 Å². The highest BCUT2D eigenvalue weighted by molar-refractivity contribution is 9.10. The molecule has 1 heterocycles. The van der Waals surface area contributed by atoms with Crippen LogP contribution in [0, 0.1) is 6.92 Å². The molecule has 0 amide bonds. The molecule has 0 saturated heterocycles. The van der Waals surface area contributed by atoms with Crippen LogP contribution in [-0.2, 0) is 0 Å². The van der Waals surface area contributed by atoms with E-state index in [1.165, 1.54) is 0 Å². The van der Waals surface area contributed by atoms with Crippen LogP contribution in [-0.4, -0.2) is 28.0 Å². The van der Waals surface area contributed by atoms with Crippen LogP contribution in [0.1, 0.15) is 19.4 Å². The van der Waals surface area contributed by atoms with Gasteiger partial charge in [0.2, 0.25) is 17.2 Å². The molecule has 5 nitrogen and oxygen atoms in total. The predicted octanol–water partition coefficient (Wildman–Crippen LogP) is 4.19. The Kier molecular flexibility index (Phi) is 5.36. The maximum absolute atomic E-state index is 5.99. The van der Waals surface area contributed by atoms with Crippen molar-refractivity contribution in [2.45, 2.75) is 20.8 Å². The lowest BCUT2D eigenvalue weighted by Crippen LogP contribution is -2.24. The molecule has 0 aliphatic heterocycles. The summed E-state index contributed by atoms with van der Waals surface area (Å²) in [5.41, 5.74) is 2.03. The molecule has 7 heteroatoms. The Hall–Kier alpha value is -1.40. The van der Waals surface area contributed by atoms with Gasteiger partial charge in [-0.25, -0.2) is 0 Å². The standard InChI is InChI=1S/C14H17BrClN5/c1-4-21(5-2)14-19-12(16)18-13(20-14)17-10-6-7-11(15)9(3)8-10/h6-8H,4-5H2,1-3H3,(H,17,18,19,20). The molecule has 0 spiro atoms. The average molecular weight is 371 g/mol. The summed E-state index contributed by atoms with van der Waals surface area (Å²) in [4.78, 5) is 14.7. The van der Waals surface area contributed by atoms with Crippen LogP contribution in [0.3, 0.4) is 0 Å². The van der Waals surface area contributed by atoms with Gasteiger partial charge in [-0.2, -0.15) is 15.0 Å². The van der Waals surface area contributed by atoms with Gasteiger partial charge in [-0.15, -0.1) is 0 Å². The molecule has 0 fully saturated rings. The number of hydrogen-bond donors (Lipinski definition) is 1. The summed E-state index contributed by atoms with van der Waals surface area (Å²) >= 11 is 9.47.